The van der Waals surface area contributed by atoms with Crippen LogP contribution in [0, 0.1) is 13.8 Å². The minimum absolute atomic E-state index is 0.266. The molecule has 196 valence electrons. The molecular weight excluding hydrogens is 490 g/mol. The van der Waals surface area contributed by atoms with E-state index < -0.39 is 11.5 Å². The SMILES string of the molecule is CC(F)C(Cl)C=CCB(c1ccccc1)c1ccccc1.Cc1cccc(C)c1Cc1nccn1C1CC1. The molecule has 1 aliphatic rings. The van der Waals surface area contributed by atoms with Gasteiger partial charge in [-0.3, -0.25) is 0 Å². The van der Waals surface area contributed by atoms with Gasteiger partial charge in [-0.25, -0.2) is 9.37 Å². The van der Waals surface area contributed by atoms with Gasteiger partial charge in [-0.1, -0.05) is 102 Å². The van der Waals surface area contributed by atoms with Crippen LogP contribution in [0.4, 0.5) is 4.39 Å². The molecule has 5 heteroatoms. The molecule has 2 atom stereocenters. The molecule has 3 aromatic carbocycles. The predicted octanol–water partition coefficient (Wildman–Crippen LogP) is 7.24. The van der Waals surface area contributed by atoms with Crippen LogP contribution in [0.5, 0.6) is 0 Å². The van der Waals surface area contributed by atoms with Crippen LogP contribution in [0.15, 0.2) is 103 Å². The highest BCUT2D eigenvalue weighted by Gasteiger charge is 2.25. The minimum atomic E-state index is -1.03. The van der Waals surface area contributed by atoms with Crippen molar-refractivity contribution in [3.8, 4) is 0 Å². The third-order valence-corrected chi connectivity index (χ3v) is 7.70. The summed E-state index contributed by atoms with van der Waals surface area (Å²) in [6.45, 7) is 6.12. The fraction of sp³-hybridized carbons (Fsp3) is 0.303. The molecule has 5 rings (SSSR count). The van der Waals surface area contributed by atoms with E-state index in [1.165, 1.54) is 53.2 Å². The first kappa shape index (κ1) is 27.9. The lowest BCUT2D eigenvalue weighted by Crippen LogP contribution is -2.41. The number of hydrogen-bond acceptors (Lipinski definition) is 1. The van der Waals surface area contributed by atoms with Gasteiger partial charge in [-0.15, -0.1) is 11.6 Å². The fourth-order valence-electron chi connectivity index (χ4n) is 4.78. The van der Waals surface area contributed by atoms with Crippen LogP contribution in [0.25, 0.3) is 0 Å². The first-order valence-corrected chi connectivity index (χ1v) is 14.0. The highest BCUT2D eigenvalue weighted by molar-refractivity contribution is 6.85. The quantitative estimate of drug-likeness (QED) is 0.128. The van der Waals surface area contributed by atoms with Gasteiger partial charge in [0.05, 0.1) is 5.38 Å². The second kappa shape index (κ2) is 13.6. The van der Waals surface area contributed by atoms with Crippen LogP contribution in [0.1, 0.15) is 48.3 Å². The van der Waals surface area contributed by atoms with Gasteiger partial charge >= 0.3 is 0 Å². The van der Waals surface area contributed by atoms with Crippen LogP contribution in [-0.2, 0) is 6.42 Å². The fourth-order valence-corrected chi connectivity index (χ4v) is 4.89. The van der Waals surface area contributed by atoms with Gasteiger partial charge in [0.1, 0.15) is 12.0 Å². The van der Waals surface area contributed by atoms with Crippen molar-refractivity contribution in [2.45, 2.75) is 63.9 Å². The molecule has 0 spiro atoms. The number of nitrogens with zero attached hydrogens (tertiary/aromatic N) is 2. The maximum Gasteiger partial charge on any atom is 0.213 e. The Labute approximate surface area is 232 Å². The maximum absolute atomic E-state index is 13.1. The number of halogens is 2. The van der Waals surface area contributed by atoms with E-state index in [-0.39, 0.29) is 6.71 Å². The first-order valence-electron chi connectivity index (χ1n) is 13.6. The Morgan fingerprint density at radius 1 is 0.947 bits per heavy atom. The number of alkyl halides is 2. The third-order valence-electron chi connectivity index (χ3n) is 7.20. The van der Waals surface area contributed by atoms with Crippen molar-refractivity contribution >= 4 is 29.2 Å². The number of aryl methyl sites for hydroxylation is 2. The number of aromatic nitrogens is 2. The molecule has 0 saturated heterocycles. The van der Waals surface area contributed by atoms with Crippen LogP contribution >= 0.6 is 11.6 Å². The molecule has 4 aromatic rings. The monoisotopic (exact) mass is 526 g/mol. The van der Waals surface area contributed by atoms with Crippen molar-refractivity contribution in [3.63, 3.8) is 0 Å². The molecule has 1 fully saturated rings. The van der Waals surface area contributed by atoms with Gasteiger partial charge in [-0.05, 0) is 56.6 Å². The van der Waals surface area contributed by atoms with E-state index in [2.05, 4.69) is 72.1 Å². The molecular formula is C33H37BClFN2. The van der Waals surface area contributed by atoms with Crippen molar-refractivity contribution in [1.29, 1.82) is 0 Å². The summed E-state index contributed by atoms with van der Waals surface area (Å²) >= 11 is 5.93. The van der Waals surface area contributed by atoms with Gasteiger partial charge in [0.25, 0.3) is 0 Å². The second-order valence-corrected chi connectivity index (χ2v) is 10.7. The standard InChI is InChI=1S/C18H19BClF.C15H18N2/c1-15(21)18(20)13-8-14-19(16-9-4-2-5-10-16)17-11-6-3-7-12-17;1-11-4-3-5-12(2)14(11)10-15-16-8-9-17(15)13-6-7-13/h2-13,15,18H,14H2,1H3;3-5,8-9,13H,6-7,10H2,1-2H3. The van der Waals surface area contributed by atoms with Crippen LogP contribution < -0.4 is 10.9 Å². The number of benzene rings is 3. The lowest BCUT2D eigenvalue weighted by molar-refractivity contribution is 0.369. The summed E-state index contributed by atoms with van der Waals surface area (Å²) in [5.74, 6) is 1.21. The number of rotatable bonds is 9. The molecule has 1 aliphatic carbocycles. The summed E-state index contributed by atoms with van der Waals surface area (Å²) in [4.78, 5) is 4.52. The lowest BCUT2D eigenvalue weighted by Gasteiger charge is -2.13. The largest absolute Gasteiger partial charge is 0.332 e. The van der Waals surface area contributed by atoms with Crippen molar-refractivity contribution in [2.24, 2.45) is 0 Å². The summed E-state index contributed by atoms with van der Waals surface area (Å²) in [5.41, 5.74) is 6.69. The Bertz CT molecular complexity index is 1240. The highest BCUT2D eigenvalue weighted by Crippen LogP contribution is 2.36. The Morgan fingerprint density at radius 3 is 2.05 bits per heavy atom. The first-order chi connectivity index (χ1) is 18.4. The molecule has 0 amide bonds. The Balaban J connectivity index is 0.000000180. The zero-order valence-electron chi connectivity index (χ0n) is 22.6. The van der Waals surface area contributed by atoms with Gasteiger partial charge < -0.3 is 4.57 Å². The molecule has 2 nitrogen and oxygen atoms in total. The van der Waals surface area contributed by atoms with Crippen molar-refractivity contribution in [2.75, 3.05) is 0 Å². The summed E-state index contributed by atoms with van der Waals surface area (Å²) in [7, 11) is 0. The molecule has 0 bridgehead atoms. The zero-order chi connectivity index (χ0) is 26.9. The predicted molar refractivity (Wildman–Crippen MR) is 161 cm³/mol. The summed E-state index contributed by atoms with van der Waals surface area (Å²) in [5, 5.41) is -0.558. The van der Waals surface area contributed by atoms with Gasteiger partial charge in [0.2, 0.25) is 6.71 Å². The average molecular weight is 527 g/mol. The summed E-state index contributed by atoms with van der Waals surface area (Å²) in [6, 6.07) is 27.9. The van der Waals surface area contributed by atoms with E-state index >= 15 is 0 Å². The molecule has 1 saturated carbocycles. The molecule has 38 heavy (non-hydrogen) atoms. The van der Waals surface area contributed by atoms with E-state index in [1.807, 2.05) is 48.7 Å². The van der Waals surface area contributed by atoms with E-state index in [0.29, 0.717) is 0 Å². The number of allylic oxidation sites excluding steroid dienone is 2. The van der Waals surface area contributed by atoms with Crippen molar-refractivity contribution in [1.82, 2.24) is 9.55 Å². The van der Waals surface area contributed by atoms with Crippen LogP contribution in [0.2, 0.25) is 6.32 Å². The third kappa shape index (κ3) is 7.71. The molecule has 2 unspecified atom stereocenters. The molecule has 0 aliphatic heterocycles. The summed E-state index contributed by atoms with van der Waals surface area (Å²) < 4.78 is 15.4. The molecule has 0 N–H and O–H groups in total. The number of hydrogen-bond donors (Lipinski definition) is 0. The smallest absolute Gasteiger partial charge is 0.213 e. The Hall–Kier alpha value is -3.11. The van der Waals surface area contributed by atoms with E-state index in [1.54, 1.807) is 6.08 Å². The van der Waals surface area contributed by atoms with Gasteiger partial charge in [0, 0.05) is 24.9 Å². The zero-order valence-corrected chi connectivity index (χ0v) is 23.4. The lowest BCUT2D eigenvalue weighted by atomic mass is 9.39. The van der Waals surface area contributed by atoms with E-state index in [0.717, 1.165) is 18.8 Å². The summed E-state index contributed by atoms with van der Waals surface area (Å²) in [6.07, 6.45) is 11.2. The highest BCUT2D eigenvalue weighted by atomic mass is 35.5. The number of imidazole rings is 1. The van der Waals surface area contributed by atoms with E-state index in [4.69, 9.17) is 11.6 Å². The van der Waals surface area contributed by atoms with Crippen LogP contribution in [-0.4, -0.2) is 27.8 Å². The normalized spacial score (nSPS) is 14.6. The van der Waals surface area contributed by atoms with Crippen LogP contribution in [0.3, 0.4) is 0 Å². The van der Waals surface area contributed by atoms with Crippen molar-refractivity contribution in [3.05, 3.63) is 126 Å². The van der Waals surface area contributed by atoms with E-state index in [9.17, 15) is 4.39 Å². The molecule has 1 heterocycles. The average Bonchev–Trinajstić information content (AvgIpc) is 3.67. The van der Waals surface area contributed by atoms with Crippen molar-refractivity contribution < 1.29 is 4.39 Å². The molecule has 1 aromatic heterocycles. The maximum atomic E-state index is 13.1. The molecule has 0 radical (unpaired) electrons. The second-order valence-electron chi connectivity index (χ2n) is 10.2. The van der Waals surface area contributed by atoms with Gasteiger partial charge in [0.15, 0.2) is 0 Å². The topological polar surface area (TPSA) is 17.8 Å². The Morgan fingerprint density at radius 2 is 1.53 bits per heavy atom. The van der Waals surface area contributed by atoms with Gasteiger partial charge in [-0.2, -0.15) is 0 Å². The Kier molecular flexibility index (Phi) is 10.0. The minimum Gasteiger partial charge on any atom is -0.332 e.